The van der Waals surface area contributed by atoms with Gasteiger partial charge >= 0.3 is 0 Å². The number of ether oxygens (including phenoxy) is 1. The molecule has 2 unspecified atom stereocenters. The number of carbonyl (C=O) groups is 2. The van der Waals surface area contributed by atoms with Crippen molar-refractivity contribution >= 4 is 22.7 Å². The number of aromatic amines is 1. The van der Waals surface area contributed by atoms with Gasteiger partial charge in [-0.1, -0.05) is 37.3 Å². The first-order valence-corrected chi connectivity index (χ1v) is 12.4. The third-order valence-corrected chi connectivity index (χ3v) is 8.13. The molecule has 1 aliphatic carbocycles. The SMILES string of the molecule is COc1cccc(C2c3[nH]c4ccccc4c3CC3C(=O)N(C4CCC(C)CC4)CC(=O)N32)c1. The minimum absolute atomic E-state index is 0.0281. The maximum Gasteiger partial charge on any atom is 0.246 e. The van der Waals surface area contributed by atoms with Crippen LogP contribution < -0.4 is 4.74 Å². The summed E-state index contributed by atoms with van der Waals surface area (Å²) in [4.78, 5) is 35.0. The fraction of sp³-hybridized carbons (Fsp3) is 0.429. The van der Waals surface area contributed by atoms with Gasteiger partial charge in [0.25, 0.3) is 0 Å². The number of hydrogen-bond acceptors (Lipinski definition) is 3. The van der Waals surface area contributed by atoms with E-state index in [1.54, 1.807) is 7.11 Å². The molecule has 0 bridgehead atoms. The van der Waals surface area contributed by atoms with Gasteiger partial charge in [-0.25, -0.2) is 0 Å². The Labute approximate surface area is 199 Å². The molecule has 176 valence electrons. The van der Waals surface area contributed by atoms with Gasteiger partial charge in [0.1, 0.15) is 18.3 Å². The Morgan fingerprint density at radius 1 is 1.00 bits per heavy atom. The molecule has 2 atom stereocenters. The fourth-order valence-electron chi connectivity index (χ4n) is 6.31. The van der Waals surface area contributed by atoms with Crippen molar-refractivity contribution in [3.05, 3.63) is 65.4 Å². The second kappa shape index (κ2) is 8.19. The van der Waals surface area contributed by atoms with E-state index in [1.807, 2.05) is 46.2 Å². The summed E-state index contributed by atoms with van der Waals surface area (Å²) >= 11 is 0. The van der Waals surface area contributed by atoms with Gasteiger partial charge in [0.15, 0.2) is 0 Å². The molecule has 2 amide bonds. The van der Waals surface area contributed by atoms with Crippen LogP contribution in [0.3, 0.4) is 0 Å². The Hall–Kier alpha value is -3.28. The highest BCUT2D eigenvalue weighted by Gasteiger charge is 2.49. The zero-order valence-corrected chi connectivity index (χ0v) is 19.8. The van der Waals surface area contributed by atoms with Crippen LogP contribution in [0.25, 0.3) is 10.9 Å². The molecule has 2 fully saturated rings. The van der Waals surface area contributed by atoms with Crippen LogP contribution in [-0.4, -0.2) is 52.3 Å². The van der Waals surface area contributed by atoms with E-state index in [1.165, 1.54) is 0 Å². The van der Waals surface area contributed by atoms with Crippen LogP contribution >= 0.6 is 0 Å². The zero-order chi connectivity index (χ0) is 23.4. The maximum atomic E-state index is 14.0. The summed E-state index contributed by atoms with van der Waals surface area (Å²) in [6.45, 7) is 2.45. The van der Waals surface area contributed by atoms with Crippen molar-refractivity contribution < 1.29 is 14.3 Å². The number of benzene rings is 2. The molecule has 3 aromatic rings. The number of nitrogens with one attached hydrogen (secondary N) is 1. The van der Waals surface area contributed by atoms with Crippen LogP contribution in [0.1, 0.15) is 55.5 Å². The largest absolute Gasteiger partial charge is 0.497 e. The lowest BCUT2D eigenvalue weighted by Gasteiger charge is -2.49. The number of rotatable bonds is 3. The lowest BCUT2D eigenvalue weighted by atomic mass is 9.83. The summed E-state index contributed by atoms with van der Waals surface area (Å²) in [5.41, 5.74) is 4.15. The van der Waals surface area contributed by atoms with Crippen molar-refractivity contribution in [1.29, 1.82) is 0 Å². The summed E-state index contributed by atoms with van der Waals surface area (Å²) in [5, 5.41) is 1.13. The quantitative estimate of drug-likeness (QED) is 0.632. The van der Waals surface area contributed by atoms with Gasteiger partial charge in [0.05, 0.1) is 13.2 Å². The molecule has 6 rings (SSSR count). The number of para-hydroxylation sites is 1. The summed E-state index contributed by atoms with van der Waals surface area (Å²) in [6, 6.07) is 15.4. The van der Waals surface area contributed by atoms with Crippen LogP contribution in [0.5, 0.6) is 5.75 Å². The fourth-order valence-corrected chi connectivity index (χ4v) is 6.31. The van der Waals surface area contributed by atoms with Crippen molar-refractivity contribution in [3.8, 4) is 5.75 Å². The molecule has 0 radical (unpaired) electrons. The van der Waals surface area contributed by atoms with Crippen molar-refractivity contribution in [1.82, 2.24) is 14.8 Å². The molecule has 1 saturated heterocycles. The molecule has 3 heterocycles. The van der Waals surface area contributed by atoms with Crippen LogP contribution in [-0.2, 0) is 16.0 Å². The van der Waals surface area contributed by atoms with E-state index in [0.717, 1.165) is 59.2 Å². The topological polar surface area (TPSA) is 65.6 Å². The number of H-pyrrole nitrogens is 1. The van der Waals surface area contributed by atoms with Crippen LogP contribution in [0.4, 0.5) is 0 Å². The first kappa shape index (κ1) is 21.3. The summed E-state index contributed by atoms with van der Waals surface area (Å²) in [5.74, 6) is 1.57. The average molecular weight is 458 g/mol. The lowest BCUT2D eigenvalue weighted by molar-refractivity contribution is -0.161. The van der Waals surface area contributed by atoms with E-state index in [-0.39, 0.29) is 30.4 Å². The minimum atomic E-state index is -0.483. The van der Waals surface area contributed by atoms with Gasteiger partial charge in [-0.3, -0.25) is 9.59 Å². The molecule has 3 aliphatic rings. The van der Waals surface area contributed by atoms with Crippen molar-refractivity contribution in [2.45, 2.75) is 57.2 Å². The van der Waals surface area contributed by atoms with Crippen molar-refractivity contribution in [3.63, 3.8) is 0 Å². The Bertz CT molecular complexity index is 1260. The number of piperazine rings is 1. The predicted octanol–water partition coefficient (Wildman–Crippen LogP) is 4.44. The number of amides is 2. The first-order chi connectivity index (χ1) is 16.5. The van der Waals surface area contributed by atoms with Gasteiger partial charge in [0.2, 0.25) is 11.8 Å². The second-order valence-electron chi connectivity index (χ2n) is 10.1. The molecule has 2 aromatic carbocycles. The minimum Gasteiger partial charge on any atom is -0.497 e. The number of nitrogens with zero attached hydrogens (tertiary/aromatic N) is 2. The molecule has 1 N–H and O–H groups in total. The van der Waals surface area contributed by atoms with Crippen molar-refractivity contribution in [2.24, 2.45) is 5.92 Å². The summed E-state index contributed by atoms with van der Waals surface area (Å²) < 4.78 is 5.49. The Balaban J connectivity index is 1.46. The standard InChI is InChI=1S/C28H31N3O3/c1-17-10-12-19(13-11-17)30-16-25(32)31-24(28(30)33)15-22-21-8-3-4-9-23(21)29-26(22)27(31)18-6-5-7-20(14-18)34-2/h3-9,14,17,19,24,27,29H,10-13,15-16H2,1-2H3. The highest BCUT2D eigenvalue weighted by Crippen LogP contribution is 2.43. The maximum absolute atomic E-state index is 14.0. The van der Waals surface area contributed by atoms with Gasteiger partial charge in [-0.05, 0) is 60.9 Å². The van der Waals surface area contributed by atoms with Gasteiger partial charge in [-0.2, -0.15) is 0 Å². The van der Waals surface area contributed by atoms with E-state index in [4.69, 9.17) is 4.74 Å². The molecule has 6 nitrogen and oxygen atoms in total. The Morgan fingerprint density at radius 2 is 1.79 bits per heavy atom. The molecule has 1 saturated carbocycles. The van der Waals surface area contributed by atoms with Gasteiger partial charge in [0, 0.05) is 29.1 Å². The summed E-state index contributed by atoms with van der Waals surface area (Å²) in [7, 11) is 1.65. The number of fused-ring (bicyclic) bond motifs is 4. The van der Waals surface area contributed by atoms with Crippen LogP contribution in [0, 0.1) is 5.92 Å². The molecule has 2 aliphatic heterocycles. The lowest BCUT2D eigenvalue weighted by Crippen LogP contribution is -2.65. The number of methoxy groups -OCH3 is 1. The molecular formula is C28H31N3O3. The summed E-state index contributed by atoms with van der Waals surface area (Å²) in [6.07, 6.45) is 4.77. The van der Waals surface area contributed by atoms with E-state index in [2.05, 4.69) is 24.0 Å². The van der Waals surface area contributed by atoms with Gasteiger partial charge in [-0.15, -0.1) is 0 Å². The number of aromatic nitrogens is 1. The normalized spacial score (nSPS) is 27.0. The third-order valence-electron chi connectivity index (χ3n) is 8.13. The highest BCUT2D eigenvalue weighted by atomic mass is 16.5. The van der Waals surface area contributed by atoms with E-state index in [9.17, 15) is 9.59 Å². The predicted molar refractivity (Wildman–Crippen MR) is 131 cm³/mol. The number of hydrogen-bond donors (Lipinski definition) is 1. The van der Waals surface area contributed by atoms with Gasteiger partial charge < -0.3 is 19.5 Å². The zero-order valence-electron chi connectivity index (χ0n) is 19.8. The van der Waals surface area contributed by atoms with E-state index < -0.39 is 6.04 Å². The first-order valence-electron chi connectivity index (χ1n) is 12.4. The van der Waals surface area contributed by atoms with E-state index in [0.29, 0.717) is 12.3 Å². The third kappa shape index (κ3) is 3.30. The molecule has 0 spiro atoms. The molecule has 34 heavy (non-hydrogen) atoms. The Morgan fingerprint density at radius 3 is 2.59 bits per heavy atom. The number of carbonyl (C=O) groups excluding carboxylic acids is 2. The van der Waals surface area contributed by atoms with E-state index >= 15 is 0 Å². The average Bonchev–Trinajstić information content (AvgIpc) is 3.24. The highest BCUT2D eigenvalue weighted by molar-refractivity contribution is 5.97. The second-order valence-corrected chi connectivity index (χ2v) is 10.1. The van der Waals surface area contributed by atoms with Crippen LogP contribution in [0.2, 0.25) is 0 Å². The molecule has 6 heteroatoms. The monoisotopic (exact) mass is 457 g/mol. The Kier molecular flexibility index (Phi) is 5.12. The molecular weight excluding hydrogens is 426 g/mol. The van der Waals surface area contributed by atoms with Crippen LogP contribution in [0.15, 0.2) is 48.5 Å². The smallest absolute Gasteiger partial charge is 0.246 e. The molecule has 1 aromatic heterocycles. The van der Waals surface area contributed by atoms with Crippen molar-refractivity contribution in [2.75, 3.05) is 13.7 Å².